The molecule has 2 fully saturated rings. The predicted octanol–water partition coefficient (Wildman–Crippen LogP) is 0.886. The summed E-state index contributed by atoms with van der Waals surface area (Å²) in [6.45, 7) is 6.86. The maximum atomic E-state index is 12.1. The number of nitrogens with one attached hydrogen (secondary N) is 1. The lowest BCUT2D eigenvalue weighted by Gasteiger charge is -2.44. The first-order chi connectivity index (χ1) is 7.33. The van der Waals surface area contributed by atoms with Crippen molar-refractivity contribution in [1.82, 2.24) is 15.1 Å². The summed E-state index contributed by atoms with van der Waals surface area (Å²) in [7, 11) is 0. The molecule has 2 rings (SSSR count). The lowest BCUT2D eigenvalue weighted by molar-refractivity contribution is 0.0853. The molecule has 0 aromatic rings. The number of hydrogen-bond donors (Lipinski definition) is 1. The first-order valence-corrected chi connectivity index (χ1v) is 6.09. The van der Waals surface area contributed by atoms with Crippen LogP contribution >= 0.6 is 0 Å². The Hall–Kier alpha value is -0.770. The third-order valence-electron chi connectivity index (χ3n) is 3.38. The zero-order valence-corrected chi connectivity index (χ0v) is 9.54. The Labute approximate surface area is 91.6 Å². The van der Waals surface area contributed by atoms with Crippen LogP contribution in [0.15, 0.2) is 0 Å². The van der Waals surface area contributed by atoms with Crippen molar-refractivity contribution in [3.05, 3.63) is 0 Å². The van der Waals surface area contributed by atoms with E-state index in [1.54, 1.807) is 0 Å². The van der Waals surface area contributed by atoms with Gasteiger partial charge in [-0.3, -0.25) is 0 Å². The van der Waals surface area contributed by atoms with E-state index in [2.05, 4.69) is 17.1 Å². The molecule has 1 atom stereocenters. The van der Waals surface area contributed by atoms with E-state index in [0.29, 0.717) is 6.04 Å². The van der Waals surface area contributed by atoms with Crippen molar-refractivity contribution in [2.45, 2.75) is 32.2 Å². The van der Waals surface area contributed by atoms with E-state index < -0.39 is 0 Å². The van der Waals surface area contributed by atoms with Gasteiger partial charge in [-0.15, -0.1) is 0 Å². The standard InChI is InChI=1S/C11H21N3O/c1-2-3-6-13-7-4-10-9-12-5-8-14(10)11(13)15/h10,12H,2-9H2,1H3. The van der Waals surface area contributed by atoms with Crippen molar-refractivity contribution in [2.24, 2.45) is 0 Å². The Kier molecular flexibility index (Phi) is 3.46. The number of hydrogen-bond acceptors (Lipinski definition) is 2. The zero-order chi connectivity index (χ0) is 10.7. The molecule has 1 N–H and O–H groups in total. The summed E-state index contributed by atoms with van der Waals surface area (Å²) < 4.78 is 0. The summed E-state index contributed by atoms with van der Waals surface area (Å²) in [5.74, 6) is 0. The van der Waals surface area contributed by atoms with Gasteiger partial charge in [0.25, 0.3) is 0 Å². The van der Waals surface area contributed by atoms with Gasteiger partial charge in [-0.2, -0.15) is 0 Å². The van der Waals surface area contributed by atoms with Crippen LogP contribution in [-0.4, -0.2) is 54.6 Å². The lowest BCUT2D eigenvalue weighted by atomic mass is 10.1. The van der Waals surface area contributed by atoms with E-state index in [1.165, 1.54) is 0 Å². The number of unbranched alkanes of at least 4 members (excludes halogenated alkanes) is 1. The first-order valence-electron chi connectivity index (χ1n) is 6.09. The Morgan fingerprint density at radius 1 is 1.47 bits per heavy atom. The van der Waals surface area contributed by atoms with Gasteiger partial charge in [-0.1, -0.05) is 13.3 Å². The summed E-state index contributed by atoms with van der Waals surface area (Å²) >= 11 is 0. The largest absolute Gasteiger partial charge is 0.325 e. The monoisotopic (exact) mass is 211 g/mol. The summed E-state index contributed by atoms with van der Waals surface area (Å²) in [6.07, 6.45) is 3.42. The van der Waals surface area contributed by atoms with Crippen LogP contribution in [0.2, 0.25) is 0 Å². The molecule has 4 nitrogen and oxygen atoms in total. The second-order valence-corrected chi connectivity index (χ2v) is 4.46. The molecule has 0 aliphatic carbocycles. The molecule has 2 saturated heterocycles. The molecule has 1 unspecified atom stereocenters. The average Bonchev–Trinajstić information content (AvgIpc) is 2.29. The van der Waals surface area contributed by atoms with E-state index in [1.807, 2.05) is 4.90 Å². The Bertz CT molecular complexity index is 232. The van der Waals surface area contributed by atoms with Crippen LogP contribution in [0.5, 0.6) is 0 Å². The number of amides is 2. The minimum absolute atomic E-state index is 0.265. The van der Waals surface area contributed by atoms with Gasteiger partial charge in [-0.05, 0) is 12.8 Å². The number of nitrogens with zero attached hydrogens (tertiary/aromatic N) is 2. The number of piperazine rings is 1. The quantitative estimate of drug-likeness (QED) is 0.752. The van der Waals surface area contributed by atoms with Gasteiger partial charge in [0, 0.05) is 38.8 Å². The summed E-state index contributed by atoms with van der Waals surface area (Å²) in [6, 6.07) is 0.713. The van der Waals surface area contributed by atoms with Crippen molar-refractivity contribution in [1.29, 1.82) is 0 Å². The highest BCUT2D eigenvalue weighted by Gasteiger charge is 2.33. The van der Waals surface area contributed by atoms with Crippen molar-refractivity contribution >= 4 is 6.03 Å². The van der Waals surface area contributed by atoms with E-state index in [4.69, 9.17) is 0 Å². The highest BCUT2D eigenvalue weighted by molar-refractivity contribution is 5.75. The number of carbonyl (C=O) groups is 1. The molecule has 86 valence electrons. The number of rotatable bonds is 3. The van der Waals surface area contributed by atoms with Crippen LogP contribution in [0.1, 0.15) is 26.2 Å². The molecule has 0 spiro atoms. The second kappa shape index (κ2) is 4.84. The highest BCUT2D eigenvalue weighted by Crippen LogP contribution is 2.17. The van der Waals surface area contributed by atoms with Crippen molar-refractivity contribution in [2.75, 3.05) is 32.7 Å². The highest BCUT2D eigenvalue weighted by atomic mass is 16.2. The zero-order valence-electron chi connectivity index (χ0n) is 9.54. The molecule has 0 radical (unpaired) electrons. The molecule has 0 bridgehead atoms. The second-order valence-electron chi connectivity index (χ2n) is 4.46. The first kappa shape index (κ1) is 10.7. The smallest absolute Gasteiger partial charge is 0.320 e. The molecule has 2 aliphatic rings. The lowest BCUT2D eigenvalue weighted by Crippen LogP contribution is -2.61. The minimum Gasteiger partial charge on any atom is -0.325 e. The van der Waals surface area contributed by atoms with E-state index in [0.717, 1.165) is 52.0 Å². The van der Waals surface area contributed by atoms with Gasteiger partial charge >= 0.3 is 6.03 Å². The molecule has 4 heteroatoms. The fourth-order valence-electron chi connectivity index (χ4n) is 2.41. The summed E-state index contributed by atoms with van der Waals surface area (Å²) in [4.78, 5) is 16.2. The van der Waals surface area contributed by atoms with E-state index >= 15 is 0 Å². The Balaban J connectivity index is 1.92. The van der Waals surface area contributed by atoms with Crippen LogP contribution < -0.4 is 5.32 Å². The van der Waals surface area contributed by atoms with Crippen LogP contribution in [0.25, 0.3) is 0 Å². The van der Waals surface area contributed by atoms with E-state index in [-0.39, 0.29) is 6.03 Å². The maximum absolute atomic E-state index is 12.1. The third kappa shape index (κ3) is 2.25. The van der Waals surface area contributed by atoms with Crippen LogP contribution in [0.4, 0.5) is 4.79 Å². The van der Waals surface area contributed by atoms with Crippen LogP contribution in [0.3, 0.4) is 0 Å². The van der Waals surface area contributed by atoms with Gasteiger partial charge < -0.3 is 15.1 Å². The molecular formula is C11H21N3O. The predicted molar refractivity (Wildman–Crippen MR) is 59.9 cm³/mol. The molecular weight excluding hydrogens is 190 g/mol. The molecule has 2 heterocycles. The van der Waals surface area contributed by atoms with E-state index in [9.17, 15) is 4.79 Å². The molecule has 0 aromatic heterocycles. The molecule has 0 aromatic carbocycles. The summed E-state index contributed by atoms with van der Waals surface area (Å²) in [5.41, 5.74) is 0. The van der Waals surface area contributed by atoms with Gasteiger partial charge in [0.15, 0.2) is 0 Å². The normalized spacial score (nSPS) is 26.7. The van der Waals surface area contributed by atoms with Gasteiger partial charge in [-0.25, -0.2) is 4.79 Å². The molecule has 2 amide bonds. The van der Waals surface area contributed by atoms with Gasteiger partial charge in [0.2, 0.25) is 0 Å². The van der Waals surface area contributed by atoms with Crippen molar-refractivity contribution in [3.8, 4) is 0 Å². The Morgan fingerprint density at radius 3 is 3.13 bits per heavy atom. The fraction of sp³-hybridized carbons (Fsp3) is 0.909. The van der Waals surface area contributed by atoms with Gasteiger partial charge in [0.1, 0.15) is 0 Å². The third-order valence-corrected chi connectivity index (χ3v) is 3.38. The molecule has 2 aliphatic heterocycles. The topological polar surface area (TPSA) is 35.6 Å². The molecule has 15 heavy (non-hydrogen) atoms. The number of carbonyl (C=O) groups excluding carboxylic acids is 1. The summed E-state index contributed by atoms with van der Waals surface area (Å²) in [5, 5.41) is 3.35. The molecule has 0 saturated carbocycles. The SMILES string of the molecule is CCCCN1CCC2CNCCN2C1=O. The Morgan fingerprint density at radius 2 is 2.33 bits per heavy atom. The van der Waals surface area contributed by atoms with Crippen LogP contribution in [-0.2, 0) is 0 Å². The van der Waals surface area contributed by atoms with Crippen molar-refractivity contribution in [3.63, 3.8) is 0 Å². The maximum Gasteiger partial charge on any atom is 0.320 e. The fourth-order valence-corrected chi connectivity index (χ4v) is 2.41. The minimum atomic E-state index is 0.265. The number of urea groups is 1. The average molecular weight is 211 g/mol. The van der Waals surface area contributed by atoms with Crippen LogP contribution in [0, 0.1) is 0 Å². The number of fused-ring (bicyclic) bond motifs is 1. The van der Waals surface area contributed by atoms with Gasteiger partial charge in [0.05, 0.1) is 0 Å². The van der Waals surface area contributed by atoms with Crippen molar-refractivity contribution < 1.29 is 4.79 Å².